The van der Waals surface area contributed by atoms with Crippen molar-refractivity contribution in [1.82, 2.24) is 9.88 Å². The molecule has 1 fully saturated rings. The zero-order chi connectivity index (χ0) is 42.4. The van der Waals surface area contributed by atoms with Gasteiger partial charge in [-0.05, 0) is 98.8 Å². The van der Waals surface area contributed by atoms with E-state index in [0.29, 0.717) is 28.0 Å². The van der Waals surface area contributed by atoms with Crippen LogP contribution in [0, 0.1) is 11.7 Å². The van der Waals surface area contributed by atoms with E-state index in [2.05, 4.69) is 15.6 Å². The highest BCUT2D eigenvalue weighted by atomic mass is 32.2. The topological polar surface area (TPSA) is 228 Å². The minimum Gasteiger partial charge on any atom is -0.494 e. The zero-order valence-electron chi connectivity index (χ0n) is 30.8. The number of pyridine rings is 1. The molecule has 3 aromatic carbocycles. The predicted molar refractivity (Wildman–Crippen MR) is 199 cm³/mol. The first-order valence-electron chi connectivity index (χ1n) is 17.1. The summed E-state index contributed by atoms with van der Waals surface area (Å²) < 4.78 is 85.1. The predicted octanol–water partition coefficient (Wildman–Crippen LogP) is 6.18. The van der Waals surface area contributed by atoms with Crippen molar-refractivity contribution in [3.63, 3.8) is 0 Å². The first-order valence-corrected chi connectivity index (χ1v) is 18.6. The van der Waals surface area contributed by atoms with E-state index in [1.165, 1.54) is 61.3 Å². The van der Waals surface area contributed by atoms with Crippen LogP contribution < -0.4 is 21.1 Å². The number of rotatable bonds is 11. The summed E-state index contributed by atoms with van der Waals surface area (Å²) in [5, 5.41) is 23.6. The third-order valence-corrected chi connectivity index (χ3v) is 11.1. The molecule has 5 rings (SSSR count). The van der Waals surface area contributed by atoms with Gasteiger partial charge in [-0.3, -0.25) is 14.9 Å². The fourth-order valence-corrected chi connectivity index (χ4v) is 7.39. The molecule has 20 heteroatoms. The third-order valence-electron chi connectivity index (χ3n) is 8.87. The van der Waals surface area contributed by atoms with Crippen LogP contribution in [0.4, 0.5) is 39.5 Å². The van der Waals surface area contributed by atoms with Crippen LogP contribution in [0.25, 0.3) is 10.8 Å². The van der Waals surface area contributed by atoms with Crippen LogP contribution in [0.1, 0.15) is 50.4 Å². The lowest BCUT2D eigenvalue weighted by Crippen LogP contribution is -2.40. The lowest BCUT2D eigenvalue weighted by atomic mass is 9.92. The Balaban J connectivity index is 0.000000940. The minimum atomic E-state index is -5.08. The van der Waals surface area contributed by atoms with Crippen LogP contribution in [0.15, 0.2) is 71.8 Å². The molecule has 15 nitrogen and oxygen atoms in total. The minimum absolute atomic E-state index is 0.0122. The van der Waals surface area contributed by atoms with Gasteiger partial charge in [0.05, 0.1) is 35.8 Å². The van der Waals surface area contributed by atoms with Gasteiger partial charge < -0.3 is 35.6 Å². The molecule has 1 aliphatic rings. The van der Waals surface area contributed by atoms with E-state index in [1.54, 1.807) is 31.2 Å². The summed E-state index contributed by atoms with van der Waals surface area (Å²) in [7, 11) is -2.89. The number of sulfone groups is 1. The van der Waals surface area contributed by atoms with Crippen LogP contribution in [0.2, 0.25) is 0 Å². The number of halogens is 4. The summed E-state index contributed by atoms with van der Waals surface area (Å²) in [4.78, 5) is 53.7. The molecule has 2 amide bonds. The molecule has 4 aromatic rings. The Morgan fingerprint density at radius 3 is 2.28 bits per heavy atom. The highest BCUT2D eigenvalue weighted by Gasteiger charge is 2.46. The Labute approximate surface area is 323 Å². The molecule has 57 heavy (non-hydrogen) atoms. The molecule has 6 N–H and O–H groups in total. The van der Waals surface area contributed by atoms with E-state index < -0.39 is 69.0 Å². The number of anilines is 3. The number of alkyl halides is 3. The molecular formula is C37H39F4N5O10S. The molecule has 2 heterocycles. The maximum atomic E-state index is 15.7. The van der Waals surface area contributed by atoms with E-state index in [0.717, 1.165) is 7.11 Å². The number of carboxylic acid groups (broad SMARTS) is 2. The van der Waals surface area contributed by atoms with Gasteiger partial charge in [0.25, 0.3) is 0 Å². The summed E-state index contributed by atoms with van der Waals surface area (Å²) in [5.41, 5.74) is 6.48. The van der Waals surface area contributed by atoms with Crippen molar-refractivity contribution in [1.29, 1.82) is 0 Å². The number of ether oxygens (including phenoxy) is 2. The van der Waals surface area contributed by atoms with Gasteiger partial charge in [-0.2, -0.15) is 13.2 Å². The Hall–Kier alpha value is -6.18. The molecule has 0 aliphatic carbocycles. The second kappa shape index (κ2) is 17.7. The monoisotopic (exact) mass is 821 g/mol. The van der Waals surface area contributed by atoms with Crippen molar-refractivity contribution in [3.05, 3.63) is 83.8 Å². The molecule has 0 unspecified atom stereocenters. The van der Waals surface area contributed by atoms with Crippen molar-refractivity contribution in [2.45, 2.75) is 55.6 Å². The van der Waals surface area contributed by atoms with Crippen LogP contribution >= 0.6 is 0 Å². The van der Waals surface area contributed by atoms with E-state index >= 15 is 4.39 Å². The Morgan fingerprint density at radius 2 is 1.68 bits per heavy atom. The lowest BCUT2D eigenvalue weighted by Gasteiger charge is -2.33. The number of aromatic nitrogens is 1. The first kappa shape index (κ1) is 43.5. The van der Waals surface area contributed by atoms with Gasteiger partial charge in [0.2, 0.25) is 5.91 Å². The van der Waals surface area contributed by atoms with Gasteiger partial charge >= 0.3 is 24.2 Å². The standard InChI is InChI=1S/C35H38FN5O8S.C2HF3O2/c1-5-49-23-8-10-28(36)26(18-23)30(39-21-6-9-24-20(16-21)12-14-38-32(24)37)33(42)41-15-13-25(34(43)44)31(41)27-17-22(40-35(45)48-4)7-11-29(27)50(46,47)19(2)3;3-2(4,5)1(6)7/h6-12,14,16-19,25,30-31,39H,5,13,15H2,1-4H3,(H2,37,38)(H,40,45)(H,43,44);(H,6,7)/t25-,30+,31+;/m0./s1. The highest BCUT2D eigenvalue weighted by Crippen LogP contribution is 2.44. The van der Waals surface area contributed by atoms with Gasteiger partial charge in [0.1, 0.15) is 23.4 Å². The summed E-state index contributed by atoms with van der Waals surface area (Å²) >= 11 is 0. The average Bonchev–Trinajstić information content (AvgIpc) is 3.60. The maximum absolute atomic E-state index is 15.7. The number of nitrogens with two attached hydrogens (primary N) is 1. The number of fused-ring (bicyclic) bond motifs is 1. The van der Waals surface area contributed by atoms with Crippen LogP contribution in [0.5, 0.6) is 5.75 Å². The van der Waals surface area contributed by atoms with Crippen LogP contribution in [0.3, 0.4) is 0 Å². The number of carbonyl (C=O) groups excluding carboxylic acids is 2. The normalized spacial score (nSPS) is 16.0. The molecular weight excluding hydrogens is 782 g/mol. The van der Waals surface area contributed by atoms with E-state index in [9.17, 15) is 41.1 Å². The fraction of sp³-hybridized carbons (Fsp3) is 0.324. The van der Waals surface area contributed by atoms with Crippen molar-refractivity contribution in [3.8, 4) is 5.75 Å². The van der Waals surface area contributed by atoms with Crippen molar-refractivity contribution < 1.29 is 64.8 Å². The van der Waals surface area contributed by atoms with Gasteiger partial charge in [-0.25, -0.2) is 27.4 Å². The number of aliphatic carboxylic acids is 2. The second-order valence-corrected chi connectivity index (χ2v) is 15.3. The smallest absolute Gasteiger partial charge is 0.490 e. The van der Waals surface area contributed by atoms with E-state index in [-0.39, 0.29) is 41.3 Å². The summed E-state index contributed by atoms with van der Waals surface area (Å²) in [6, 6.07) is 12.0. The Kier molecular flexibility index (Phi) is 13.6. The SMILES string of the molecule is CCOc1ccc(F)c([C@@H](Nc2ccc3c(N)nccc3c2)C(=O)N2CC[C@H](C(=O)O)[C@@H]2c2cc(NC(=O)OC)ccc2S(=O)(=O)C(C)C)c1.O=C(O)C(F)(F)F. The molecule has 1 aromatic heterocycles. The zero-order valence-corrected chi connectivity index (χ0v) is 31.7. The number of likely N-dealkylation sites (tertiary alicyclic amines) is 1. The second-order valence-electron chi connectivity index (χ2n) is 12.8. The lowest BCUT2D eigenvalue weighted by molar-refractivity contribution is -0.192. The summed E-state index contributed by atoms with van der Waals surface area (Å²) in [6.45, 7) is 4.89. The molecule has 1 saturated heterocycles. The maximum Gasteiger partial charge on any atom is 0.490 e. The Morgan fingerprint density at radius 1 is 1.02 bits per heavy atom. The highest BCUT2D eigenvalue weighted by molar-refractivity contribution is 7.92. The molecule has 3 atom stereocenters. The molecule has 0 bridgehead atoms. The van der Waals surface area contributed by atoms with Crippen molar-refractivity contribution in [2.24, 2.45) is 5.92 Å². The van der Waals surface area contributed by atoms with E-state index in [4.69, 9.17) is 25.1 Å². The van der Waals surface area contributed by atoms with Gasteiger partial charge in [-0.15, -0.1) is 0 Å². The van der Waals surface area contributed by atoms with Gasteiger partial charge in [-0.1, -0.05) is 0 Å². The first-order chi connectivity index (χ1) is 26.7. The number of hydrogen-bond acceptors (Lipinski definition) is 11. The Bertz CT molecular complexity index is 2270. The average molecular weight is 822 g/mol. The largest absolute Gasteiger partial charge is 0.494 e. The third kappa shape index (κ3) is 9.98. The number of nitrogens with one attached hydrogen (secondary N) is 2. The van der Waals surface area contributed by atoms with Crippen molar-refractivity contribution >= 4 is 61.7 Å². The summed E-state index contributed by atoms with van der Waals surface area (Å²) in [6.07, 6.45) is -4.42. The molecule has 1 aliphatic heterocycles. The number of carbonyl (C=O) groups is 4. The molecule has 0 radical (unpaired) electrons. The summed E-state index contributed by atoms with van der Waals surface area (Å²) in [5.74, 6) is -6.12. The molecule has 0 spiro atoms. The van der Waals surface area contributed by atoms with Gasteiger partial charge in [0.15, 0.2) is 9.84 Å². The number of carboxylic acids is 2. The van der Waals surface area contributed by atoms with E-state index in [1.807, 2.05) is 0 Å². The number of methoxy groups -OCH3 is 1. The number of nitrogens with zero attached hydrogens (tertiary/aromatic N) is 2. The fourth-order valence-electron chi connectivity index (χ4n) is 6.12. The van der Waals surface area contributed by atoms with Crippen LogP contribution in [-0.2, 0) is 29.0 Å². The number of benzene rings is 3. The molecule has 306 valence electrons. The molecule has 0 saturated carbocycles. The van der Waals surface area contributed by atoms with Gasteiger partial charge in [0, 0.05) is 35.1 Å². The number of hydrogen-bond donors (Lipinski definition) is 5. The quantitative estimate of drug-likeness (QED) is 0.107. The number of nitrogen functional groups attached to an aromatic ring is 1. The van der Waals surface area contributed by atoms with Crippen molar-refractivity contribution in [2.75, 3.05) is 36.6 Å². The number of amides is 2. The van der Waals surface area contributed by atoms with Crippen LogP contribution in [-0.4, -0.2) is 84.1 Å².